The summed E-state index contributed by atoms with van der Waals surface area (Å²) in [5.41, 5.74) is -0.481. The highest BCUT2D eigenvalue weighted by atomic mass is 35.5. The van der Waals surface area contributed by atoms with Gasteiger partial charge in [0.15, 0.2) is 0 Å². The minimum atomic E-state index is -0.680. The van der Waals surface area contributed by atoms with E-state index in [9.17, 15) is 14.9 Å². The summed E-state index contributed by atoms with van der Waals surface area (Å²) in [6, 6.07) is 1.32. The highest BCUT2D eigenvalue weighted by molar-refractivity contribution is 6.32. The van der Waals surface area contributed by atoms with E-state index in [1.807, 2.05) is 0 Å². The van der Waals surface area contributed by atoms with Crippen molar-refractivity contribution in [3.8, 4) is 0 Å². The van der Waals surface area contributed by atoms with Gasteiger partial charge in [0.2, 0.25) is 5.15 Å². The molecule has 0 N–H and O–H groups in total. The number of hydrogen-bond acceptors (Lipinski definition) is 5. The smallest absolute Gasteiger partial charge is 0.319 e. The van der Waals surface area contributed by atoms with Crippen LogP contribution in [0.4, 0.5) is 5.69 Å². The van der Waals surface area contributed by atoms with Gasteiger partial charge < -0.3 is 9.64 Å². The van der Waals surface area contributed by atoms with Crippen LogP contribution in [0.15, 0.2) is 12.3 Å². The number of nitrogens with zero attached hydrogens (tertiary/aromatic N) is 3. The molecule has 0 spiro atoms. The fourth-order valence-corrected chi connectivity index (χ4v) is 2.49. The number of amides is 1. The van der Waals surface area contributed by atoms with Gasteiger partial charge in [-0.15, -0.1) is 0 Å². The summed E-state index contributed by atoms with van der Waals surface area (Å²) in [4.78, 5) is 28.0. The summed E-state index contributed by atoms with van der Waals surface area (Å²) in [6.45, 7) is 0.974. The minimum absolute atomic E-state index is 0.0354. The fraction of sp³-hybridized carbons (Fsp3) is 0.500. The van der Waals surface area contributed by atoms with Crippen molar-refractivity contribution in [3.63, 3.8) is 0 Å². The van der Waals surface area contributed by atoms with E-state index in [4.69, 9.17) is 16.3 Å². The number of carbonyl (C=O) groups excluding carboxylic acids is 1. The SMILES string of the molecule is COC1CCCN(C(=O)c2ccnc(Cl)c2[N+](=O)[O-])C1. The second-order valence-corrected chi connectivity index (χ2v) is 4.86. The van der Waals surface area contributed by atoms with Crippen LogP contribution in [-0.4, -0.2) is 47.0 Å². The lowest BCUT2D eigenvalue weighted by molar-refractivity contribution is -0.385. The second kappa shape index (κ2) is 6.15. The van der Waals surface area contributed by atoms with E-state index in [1.165, 1.54) is 12.3 Å². The van der Waals surface area contributed by atoms with Gasteiger partial charge in [-0.3, -0.25) is 14.9 Å². The van der Waals surface area contributed by atoms with Crippen LogP contribution in [0.2, 0.25) is 5.15 Å². The van der Waals surface area contributed by atoms with Crippen LogP contribution in [0.1, 0.15) is 23.2 Å². The van der Waals surface area contributed by atoms with Crippen molar-refractivity contribution in [1.82, 2.24) is 9.88 Å². The Labute approximate surface area is 120 Å². The number of rotatable bonds is 3. The number of piperidine rings is 1. The lowest BCUT2D eigenvalue weighted by Gasteiger charge is -2.31. The molecule has 0 aliphatic carbocycles. The average molecular weight is 300 g/mol. The molecule has 2 rings (SSSR count). The Morgan fingerprint density at radius 3 is 3.05 bits per heavy atom. The van der Waals surface area contributed by atoms with Crippen molar-refractivity contribution in [1.29, 1.82) is 0 Å². The molecule has 1 saturated heterocycles. The zero-order chi connectivity index (χ0) is 14.7. The molecule has 1 aliphatic rings. The van der Waals surface area contributed by atoms with Crippen molar-refractivity contribution in [3.05, 3.63) is 33.1 Å². The maximum absolute atomic E-state index is 12.4. The van der Waals surface area contributed by atoms with Crippen LogP contribution >= 0.6 is 11.6 Å². The maximum atomic E-state index is 12.4. The molecule has 20 heavy (non-hydrogen) atoms. The van der Waals surface area contributed by atoms with Crippen molar-refractivity contribution in [2.75, 3.05) is 20.2 Å². The van der Waals surface area contributed by atoms with Gasteiger partial charge >= 0.3 is 5.69 Å². The minimum Gasteiger partial charge on any atom is -0.380 e. The quantitative estimate of drug-likeness (QED) is 0.483. The molecule has 1 amide bonds. The van der Waals surface area contributed by atoms with Gasteiger partial charge in [-0.2, -0.15) is 0 Å². The number of likely N-dealkylation sites (tertiary alicyclic amines) is 1. The number of carbonyl (C=O) groups is 1. The van der Waals surface area contributed by atoms with Gasteiger partial charge in [-0.25, -0.2) is 4.98 Å². The molecule has 0 radical (unpaired) electrons. The first-order chi connectivity index (χ1) is 9.54. The van der Waals surface area contributed by atoms with Crippen molar-refractivity contribution in [2.24, 2.45) is 0 Å². The van der Waals surface area contributed by atoms with Crippen LogP contribution in [0.5, 0.6) is 0 Å². The third kappa shape index (κ3) is 2.88. The fourth-order valence-electron chi connectivity index (χ4n) is 2.26. The molecule has 108 valence electrons. The zero-order valence-electron chi connectivity index (χ0n) is 10.9. The number of halogens is 1. The van der Waals surface area contributed by atoms with Crippen LogP contribution < -0.4 is 0 Å². The first kappa shape index (κ1) is 14.7. The Balaban J connectivity index is 2.29. The molecule has 1 aromatic rings. The van der Waals surface area contributed by atoms with Crippen molar-refractivity contribution >= 4 is 23.2 Å². The average Bonchev–Trinajstić information content (AvgIpc) is 2.45. The lowest BCUT2D eigenvalue weighted by Crippen LogP contribution is -2.43. The van der Waals surface area contributed by atoms with E-state index in [-0.39, 0.29) is 16.8 Å². The Kier molecular flexibility index (Phi) is 4.51. The number of aromatic nitrogens is 1. The number of pyridine rings is 1. The predicted octanol–water partition coefficient (Wildman–Crippen LogP) is 1.89. The molecule has 0 bridgehead atoms. The lowest BCUT2D eigenvalue weighted by atomic mass is 10.1. The summed E-state index contributed by atoms with van der Waals surface area (Å²) >= 11 is 5.72. The molecule has 1 aliphatic heterocycles. The Bertz CT molecular complexity index is 537. The Hall–Kier alpha value is -1.73. The van der Waals surface area contributed by atoms with Crippen LogP contribution in [0.3, 0.4) is 0 Å². The first-order valence-electron chi connectivity index (χ1n) is 6.15. The molecule has 8 heteroatoms. The Morgan fingerprint density at radius 2 is 2.40 bits per heavy atom. The van der Waals surface area contributed by atoms with Gasteiger partial charge in [0.25, 0.3) is 5.91 Å². The molecule has 2 heterocycles. The van der Waals surface area contributed by atoms with E-state index in [2.05, 4.69) is 4.98 Å². The van der Waals surface area contributed by atoms with Crippen molar-refractivity contribution < 1.29 is 14.5 Å². The summed E-state index contributed by atoms with van der Waals surface area (Å²) in [5, 5.41) is 10.8. The standard InChI is InChI=1S/C12H14ClN3O4/c1-20-8-3-2-6-15(7-8)12(17)9-4-5-14-11(13)10(9)16(18)19/h4-5,8H,2-3,6-7H2,1H3. The second-order valence-electron chi connectivity index (χ2n) is 4.51. The summed E-state index contributed by atoms with van der Waals surface area (Å²) in [7, 11) is 1.59. The summed E-state index contributed by atoms with van der Waals surface area (Å²) < 4.78 is 5.24. The van der Waals surface area contributed by atoms with Gasteiger partial charge in [0.05, 0.1) is 11.0 Å². The number of hydrogen-bond donors (Lipinski definition) is 0. The molecule has 1 unspecified atom stereocenters. The third-order valence-corrected chi connectivity index (χ3v) is 3.57. The van der Waals surface area contributed by atoms with E-state index >= 15 is 0 Å². The van der Waals surface area contributed by atoms with E-state index < -0.39 is 16.5 Å². The highest BCUT2D eigenvalue weighted by Gasteiger charge is 2.30. The molecular formula is C12H14ClN3O4. The largest absolute Gasteiger partial charge is 0.380 e. The molecule has 0 aromatic carbocycles. The zero-order valence-corrected chi connectivity index (χ0v) is 11.7. The molecule has 1 aromatic heterocycles. The van der Waals surface area contributed by atoms with Crippen LogP contribution in [0.25, 0.3) is 0 Å². The molecule has 7 nitrogen and oxygen atoms in total. The monoisotopic (exact) mass is 299 g/mol. The Morgan fingerprint density at radius 1 is 1.65 bits per heavy atom. The molecule has 1 fully saturated rings. The van der Waals surface area contributed by atoms with Crippen LogP contribution in [0, 0.1) is 10.1 Å². The van der Waals surface area contributed by atoms with Gasteiger partial charge in [0.1, 0.15) is 5.56 Å². The third-order valence-electron chi connectivity index (χ3n) is 3.29. The number of methoxy groups -OCH3 is 1. The van der Waals surface area contributed by atoms with Gasteiger partial charge in [-0.05, 0) is 18.9 Å². The van der Waals surface area contributed by atoms with E-state index in [0.717, 1.165) is 12.8 Å². The molecule has 1 atom stereocenters. The molecule has 0 saturated carbocycles. The van der Waals surface area contributed by atoms with Gasteiger partial charge in [-0.1, -0.05) is 11.6 Å². The maximum Gasteiger partial charge on any atom is 0.319 e. The van der Waals surface area contributed by atoms with E-state index in [1.54, 1.807) is 12.0 Å². The number of nitro groups is 1. The van der Waals surface area contributed by atoms with Crippen LogP contribution in [-0.2, 0) is 4.74 Å². The van der Waals surface area contributed by atoms with E-state index in [0.29, 0.717) is 13.1 Å². The normalized spacial score (nSPS) is 18.9. The summed E-state index contributed by atoms with van der Waals surface area (Å²) in [5.74, 6) is -0.414. The van der Waals surface area contributed by atoms with Crippen molar-refractivity contribution in [2.45, 2.75) is 18.9 Å². The highest BCUT2D eigenvalue weighted by Crippen LogP contribution is 2.28. The summed E-state index contributed by atoms with van der Waals surface area (Å²) in [6.07, 6.45) is 2.93. The topological polar surface area (TPSA) is 85.6 Å². The first-order valence-corrected chi connectivity index (χ1v) is 6.53. The molecular weight excluding hydrogens is 286 g/mol. The predicted molar refractivity (Wildman–Crippen MR) is 71.8 cm³/mol. The number of ether oxygens (including phenoxy) is 1. The van der Waals surface area contributed by atoms with Gasteiger partial charge in [0, 0.05) is 26.4 Å².